The fourth-order valence-corrected chi connectivity index (χ4v) is 2.89. The van der Waals surface area contributed by atoms with Gasteiger partial charge in [-0.2, -0.15) is 0 Å². The molecule has 0 aromatic heterocycles. The molecule has 7 nitrogen and oxygen atoms in total. The molecule has 0 fully saturated rings. The number of esters is 1. The molecule has 2 aromatic carbocycles. The van der Waals surface area contributed by atoms with Crippen LogP contribution in [0.5, 0.6) is 17.2 Å². The summed E-state index contributed by atoms with van der Waals surface area (Å²) >= 11 is 0. The van der Waals surface area contributed by atoms with Gasteiger partial charge in [-0.25, -0.2) is 0 Å². The number of ether oxygens (including phenoxy) is 4. The fraction of sp³-hybridized carbons (Fsp3) is 0.364. The maximum atomic E-state index is 12.2. The van der Waals surface area contributed by atoms with Crippen LogP contribution in [-0.2, 0) is 27.3 Å². The third-order valence-electron chi connectivity index (χ3n) is 4.49. The van der Waals surface area contributed by atoms with Gasteiger partial charge in [0.1, 0.15) is 5.75 Å². The molecule has 1 heterocycles. The normalized spacial score (nSPS) is 11.8. The van der Waals surface area contributed by atoms with Crippen molar-refractivity contribution in [3.63, 3.8) is 0 Å². The maximum absolute atomic E-state index is 12.2. The van der Waals surface area contributed by atoms with Crippen molar-refractivity contribution in [2.75, 3.05) is 27.1 Å². The summed E-state index contributed by atoms with van der Waals surface area (Å²) in [5, 5.41) is 0. The minimum Gasteiger partial charge on any atom is -0.494 e. The summed E-state index contributed by atoms with van der Waals surface area (Å²) in [5.74, 6) is 1.52. The minimum absolute atomic E-state index is 0.190. The molecule has 1 amide bonds. The molecule has 1 aliphatic heterocycles. The van der Waals surface area contributed by atoms with Gasteiger partial charge in [-0.05, 0) is 48.7 Å². The molecule has 0 saturated heterocycles. The number of aryl methyl sites for hydroxylation is 1. The van der Waals surface area contributed by atoms with Crippen molar-refractivity contribution in [2.45, 2.75) is 26.3 Å². The molecule has 0 spiro atoms. The highest BCUT2D eigenvalue weighted by Gasteiger charge is 2.15. The van der Waals surface area contributed by atoms with E-state index in [1.165, 1.54) is 4.90 Å². The summed E-state index contributed by atoms with van der Waals surface area (Å²) in [5.41, 5.74) is 1.92. The summed E-state index contributed by atoms with van der Waals surface area (Å²) in [6.45, 7) is 2.91. The molecule has 29 heavy (non-hydrogen) atoms. The summed E-state index contributed by atoms with van der Waals surface area (Å²) in [6.07, 6.45) is 0.696. The second-order valence-electron chi connectivity index (χ2n) is 6.68. The number of hydrogen-bond donors (Lipinski definition) is 0. The van der Waals surface area contributed by atoms with E-state index in [1.807, 2.05) is 49.4 Å². The summed E-state index contributed by atoms with van der Waals surface area (Å²) < 4.78 is 21.1. The van der Waals surface area contributed by atoms with E-state index in [1.54, 1.807) is 7.05 Å². The molecule has 0 unspecified atom stereocenters. The SMILES string of the molecule is CCOc1ccc(CN(C)C(=O)COC(=O)CCc2ccc3c(c2)OCO3)cc1. The number of carbonyl (C=O) groups excluding carboxylic acids is 2. The molecular formula is C22H25NO6. The molecule has 154 valence electrons. The van der Waals surface area contributed by atoms with Crippen molar-refractivity contribution in [2.24, 2.45) is 0 Å². The van der Waals surface area contributed by atoms with Gasteiger partial charge in [0.25, 0.3) is 5.91 Å². The lowest BCUT2D eigenvalue weighted by Crippen LogP contribution is -2.30. The first-order valence-corrected chi connectivity index (χ1v) is 9.55. The molecule has 2 aromatic rings. The van der Waals surface area contributed by atoms with Crippen LogP contribution >= 0.6 is 0 Å². The second-order valence-corrected chi connectivity index (χ2v) is 6.68. The predicted octanol–water partition coefficient (Wildman–Crippen LogP) is 2.95. The molecule has 7 heteroatoms. The Labute approximate surface area is 170 Å². The van der Waals surface area contributed by atoms with Crippen LogP contribution in [0.2, 0.25) is 0 Å². The quantitative estimate of drug-likeness (QED) is 0.604. The van der Waals surface area contributed by atoms with Gasteiger partial charge in [-0.15, -0.1) is 0 Å². The van der Waals surface area contributed by atoms with Gasteiger partial charge in [0, 0.05) is 20.0 Å². The van der Waals surface area contributed by atoms with Gasteiger partial charge in [-0.1, -0.05) is 18.2 Å². The van der Waals surface area contributed by atoms with Gasteiger partial charge in [-0.3, -0.25) is 9.59 Å². The van der Waals surface area contributed by atoms with Crippen molar-refractivity contribution >= 4 is 11.9 Å². The van der Waals surface area contributed by atoms with E-state index < -0.39 is 5.97 Å². The predicted molar refractivity (Wildman–Crippen MR) is 106 cm³/mol. The largest absolute Gasteiger partial charge is 0.494 e. The Kier molecular flexibility index (Phi) is 6.94. The maximum Gasteiger partial charge on any atom is 0.306 e. The zero-order valence-corrected chi connectivity index (χ0v) is 16.7. The van der Waals surface area contributed by atoms with Gasteiger partial charge in [0.2, 0.25) is 6.79 Å². The number of amides is 1. The van der Waals surface area contributed by atoms with E-state index in [2.05, 4.69) is 0 Å². The monoisotopic (exact) mass is 399 g/mol. The van der Waals surface area contributed by atoms with Crippen molar-refractivity contribution in [1.82, 2.24) is 4.90 Å². The van der Waals surface area contributed by atoms with Crippen molar-refractivity contribution in [3.8, 4) is 17.2 Å². The van der Waals surface area contributed by atoms with E-state index in [0.29, 0.717) is 31.1 Å². The summed E-state index contributed by atoms with van der Waals surface area (Å²) in [4.78, 5) is 25.7. The molecule has 0 atom stereocenters. The first-order chi connectivity index (χ1) is 14.0. The van der Waals surface area contributed by atoms with Crippen molar-refractivity contribution < 1.29 is 28.5 Å². The Morgan fingerprint density at radius 3 is 2.52 bits per heavy atom. The van der Waals surface area contributed by atoms with Gasteiger partial charge in [0.05, 0.1) is 6.61 Å². The molecule has 1 aliphatic rings. The van der Waals surface area contributed by atoms with Crippen LogP contribution in [0.15, 0.2) is 42.5 Å². The minimum atomic E-state index is -0.412. The molecule has 0 radical (unpaired) electrons. The third-order valence-corrected chi connectivity index (χ3v) is 4.49. The Hall–Kier alpha value is -3.22. The van der Waals surface area contributed by atoms with E-state index in [-0.39, 0.29) is 25.7 Å². The third kappa shape index (κ3) is 5.88. The molecule has 0 saturated carbocycles. The number of fused-ring (bicyclic) bond motifs is 1. The summed E-state index contributed by atoms with van der Waals surface area (Å²) in [7, 11) is 1.68. The Bertz CT molecular complexity index is 849. The van der Waals surface area contributed by atoms with Crippen LogP contribution in [0, 0.1) is 0 Å². The highest BCUT2D eigenvalue weighted by Crippen LogP contribution is 2.32. The highest BCUT2D eigenvalue weighted by atomic mass is 16.7. The molecule has 0 N–H and O–H groups in total. The first-order valence-electron chi connectivity index (χ1n) is 9.55. The van der Waals surface area contributed by atoms with Crippen LogP contribution in [0.4, 0.5) is 0 Å². The first kappa shape index (κ1) is 20.5. The average molecular weight is 399 g/mol. The second kappa shape index (κ2) is 9.82. The molecule has 3 rings (SSSR count). The number of rotatable bonds is 9. The van der Waals surface area contributed by atoms with E-state index >= 15 is 0 Å². The van der Waals surface area contributed by atoms with Crippen LogP contribution in [-0.4, -0.2) is 43.8 Å². The number of benzene rings is 2. The zero-order valence-electron chi connectivity index (χ0n) is 16.7. The van der Waals surface area contributed by atoms with Crippen molar-refractivity contribution in [3.05, 3.63) is 53.6 Å². The van der Waals surface area contributed by atoms with E-state index in [4.69, 9.17) is 18.9 Å². The van der Waals surface area contributed by atoms with E-state index in [9.17, 15) is 9.59 Å². The standard InChI is InChI=1S/C22H25NO6/c1-3-26-18-8-4-17(5-9-18)13-23(2)21(24)14-27-22(25)11-7-16-6-10-19-20(12-16)29-15-28-19/h4-6,8-10,12H,3,7,11,13-15H2,1-2H3. The molecule has 0 aliphatic carbocycles. The number of hydrogen-bond acceptors (Lipinski definition) is 6. The van der Waals surface area contributed by atoms with Gasteiger partial charge >= 0.3 is 5.97 Å². The van der Waals surface area contributed by atoms with E-state index in [0.717, 1.165) is 16.9 Å². The zero-order chi connectivity index (χ0) is 20.6. The van der Waals surface area contributed by atoms with Crippen LogP contribution in [0.3, 0.4) is 0 Å². The Balaban J connectivity index is 1.39. The lowest BCUT2D eigenvalue weighted by Gasteiger charge is -2.17. The summed E-state index contributed by atoms with van der Waals surface area (Å²) in [6, 6.07) is 13.1. The lowest BCUT2D eigenvalue weighted by molar-refractivity contribution is -0.151. The molecular weight excluding hydrogens is 374 g/mol. The molecule has 0 bridgehead atoms. The fourth-order valence-electron chi connectivity index (χ4n) is 2.89. The van der Waals surface area contributed by atoms with Crippen LogP contribution in [0.1, 0.15) is 24.5 Å². The Morgan fingerprint density at radius 1 is 1.03 bits per heavy atom. The topological polar surface area (TPSA) is 74.3 Å². The highest BCUT2D eigenvalue weighted by molar-refractivity contribution is 5.80. The number of nitrogens with zero attached hydrogens (tertiary/aromatic N) is 1. The Morgan fingerprint density at radius 2 is 1.76 bits per heavy atom. The van der Waals surface area contributed by atoms with Gasteiger partial charge < -0.3 is 23.8 Å². The van der Waals surface area contributed by atoms with Crippen LogP contribution in [0.25, 0.3) is 0 Å². The van der Waals surface area contributed by atoms with Crippen LogP contribution < -0.4 is 14.2 Å². The smallest absolute Gasteiger partial charge is 0.306 e. The number of likely N-dealkylation sites (N-methyl/N-ethyl adjacent to an activating group) is 1. The average Bonchev–Trinajstić information content (AvgIpc) is 3.20. The van der Waals surface area contributed by atoms with Gasteiger partial charge in [0.15, 0.2) is 18.1 Å². The van der Waals surface area contributed by atoms with Crippen molar-refractivity contribution in [1.29, 1.82) is 0 Å². The lowest BCUT2D eigenvalue weighted by atomic mass is 10.1. The number of carbonyl (C=O) groups is 2.